The maximum atomic E-state index is 4.10. The molecule has 3 nitrogen and oxygen atoms in total. The number of thiazole rings is 1. The molecule has 2 heterocycles. The lowest BCUT2D eigenvalue weighted by Gasteiger charge is -2.33. The first-order chi connectivity index (χ1) is 8.24. The molecule has 96 valence electrons. The van der Waals surface area contributed by atoms with Crippen molar-refractivity contribution in [2.45, 2.75) is 39.3 Å². The zero-order valence-corrected chi connectivity index (χ0v) is 11.7. The van der Waals surface area contributed by atoms with Gasteiger partial charge in [0.15, 0.2) is 0 Å². The average Bonchev–Trinajstić information content (AvgIpc) is 2.80. The third-order valence-electron chi connectivity index (χ3n) is 3.26. The first-order valence-corrected chi connectivity index (χ1v) is 7.45. The predicted octanol–water partition coefficient (Wildman–Crippen LogP) is 2.35. The SMILES string of the molecule is CC(C)CN1CCC(NCc2cncs2)CC1. The van der Waals surface area contributed by atoms with Crippen LogP contribution in [0.4, 0.5) is 0 Å². The number of nitrogens with zero attached hydrogens (tertiary/aromatic N) is 2. The van der Waals surface area contributed by atoms with Crippen LogP contribution in [-0.4, -0.2) is 35.6 Å². The Balaban J connectivity index is 1.65. The molecule has 0 amide bonds. The highest BCUT2D eigenvalue weighted by Crippen LogP contribution is 2.13. The Kier molecular flexibility index (Phi) is 4.95. The minimum absolute atomic E-state index is 0.695. The van der Waals surface area contributed by atoms with Gasteiger partial charge in [-0.2, -0.15) is 0 Å². The van der Waals surface area contributed by atoms with E-state index in [2.05, 4.69) is 29.0 Å². The van der Waals surface area contributed by atoms with Gasteiger partial charge in [0, 0.05) is 30.2 Å². The topological polar surface area (TPSA) is 28.2 Å². The van der Waals surface area contributed by atoms with Crippen LogP contribution in [0.3, 0.4) is 0 Å². The molecule has 0 saturated carbocycles. The highest BCUT2D eigenvalue weighted by atomic mass is 32.1. The molecule has 0 unspecified atom stereocenters. The van der Waals surface area contributed by atoms with Crippen LogP contribution >= 0.6 is 11.3 Å². The summed E-state index contributed by atoms with van der Waals surface area (Å²) in [6, 6.07) is 0.695. The third kappa shape index (κ3) is 4.37. The molecule has 1 N–H and O–H groups in total. The van der Waals surface area contributed by atoms with Crippen molar-refractivity contribution in [2.75, 3.05) is 19.6 Å². The number of hydrogen-bond donors (Lipinski definition) is 1. The van der Waals surface area contributed by atoms with Crippen LogP contribution in [0.1, 0.15) is 31.6 Å². The monoisotopic (exact) mass is 253 g/mol. The first-order valence-electron chi connectivity index (χ1n) is 6.57. The van der Waals surface area contributed by atoms with Gasteiger partial charge in [0.2, 0.25) is 0 Å². The Bertz CT molecular complexity index is 302. The summed E-state index contributed by atoms with van der Waals surface area (Å²) >= 11 is 1.74. The summed E-state index contributed by atoms with van der Waals surface area (Å²) in [4.78, 5) is 8.04. The van der Waals surface area contributed by atoms with E-state index in [1.54, 1.807) is 11.3 Å². The maximum absolute atomic E-state index is 4.10. The van der Waals surface area contributed by atoms with Gasteiger partial charge >= 0.3 is 0 Å². The zero-order chi connectivity index (χ0) is 12.1. The molecule has 4 heteroatoms. The summed E-state index contributed by atoms with van der Waals surface area (Å²) in [5, 5.41) is 3.64. The molecule has 0 aromatic carbocycles. The van der Waals surface area contributed by atoms with Crippen LogP contribution in [0, 0.1) is 5.92 Å². The van der Waals surface area contributed by atoms with Crippen LogP contribution < -0.4 is 5.32 Å². The van der Waals surface area contributed by atoms with E-state index in [1.165, 1.54) is 37.4 Å². The Hall–Kier alpha value is -0.450. The molecule has 1 aromatic heterocycles. The Morgan fingerprint density at radius 2 is 2.24 bits per heavy atom. The van der Waals surface area contributed by atoms with Crippen molar-refractivity contribution in [1.29, 1.82) is 0 Å². The quantitative estimate of drug-likeness (QED) is 0.873. The van der Waals surface area contributed by atoms with Crippen molar-refractivity contribution in [2.24, 2.45) is 5.92 Å². The molecule has 0 radical (unpaired) electrons. The number of nitrogens with one attached hydrogen (secondary N) is 1. The van der Waals surface area contributed by atoms with Gasteiger partial charge in [-0.25, -0.2) is 0 Å². The molecule has 1 aliphatic heterocycles. The van der Waals surface area contributed by atoms with Crippen LogP contribution in [0.5, 0.6) is 0 Å². The van der Waals surface area contributed by atoms with Gasteiger partial charge < -0.3 is 10.2 Å². The second-order valence-electron chi connectivity index (χ2n) is 5.32. The van der Waals surface area contributed by atoms with Gasteiger partial charge in [-0.3, -0.25) is 4.98 Å². The van der Waals surface area contributed by atoms with Crippen molar-refractivity contribution in [3.63, 3.8) is 0 Å². The molecular weight excluding hydrogens is 230 g/mol. The number of likely N-dealkylation sites (tertiary alicyclic amines) is 1. The summed E-state index contributed by atoms with van der Waals surface area (Å²) in [5.41, 5.74) is 1.91. The van der Waals surface area contributed by atoms with Gasteiger partial charge in [0.1, 0.15) is 0 Å². The fourth-order valence-corrected chi connectivity index (χ4v) is 2.96. The van der Waals surface area contributed by atoms with Crippen LogP contribution in [0.25, 0.3) is 0 Å². The normalized spacial score (nSPS) is 19.0. The Morgan fingerprint density at radius 1 is 1.47 bits per heavy atom. The number of rotatable bonds is 5. The molecule has 1 aliphatic rings. The van der Waals surface area contributed by atoms with Crippen molar-refractivity contribution in [3.05, 3.63) is 16.6 Å². The van der Waals surface area contributed by atoms with Gasteiger partial charge in [0.25, 0.3) is 0 Å². The molecule has 0 spiro atoms. The van der Waals surface area contributed by atoms with E-state index in [0.29, 0.717) is 6.04 Å². The van der Waals surface area contributed by atoms with Crippen molar-refractivity contribution >= 4 is 11.3 Å². The van der Waals surface area contributed by atoms with E-state index in [9.17, 15) is 0 Å². The second kappa shape index (κ2) is 6.47. The standard InChI is InChI=1S/C13H23N3S/c1-11(2)9-16-5-3-12(4-6-16)15-8-13-7-14-10-17-13/h7,10-12,15H,3-6,8-9H2,1-2H3. The summed E-state index contributed by atoms with van der Waals surface area (Å²) in [7, 11) is 0. The summed E-state index contributed by atoms with van der Waals surface area (Å²) < 4.78 is 0. The van der Waals surface area contributed by atoms with E-state index in [1.807, 2.05) is 11.7 Å². The van der Waals surface area contributed by atoms with Crippen LogP contribution in [0.15, 0.2) is 11.7 Å². The number of piperidine rings is 1. The minimum Gasteiger partial charge on any atom is -0.309 e. The minimum atomic E-state index is 0.695. The van der Waals surface area contributed by atoms with E-state index in [-0.39, 0.29) is 0 Å². The van der Waals surface area contributed by atoms with E-state index < -0.39 is 0 Å². The number of hydrogen-bond acceptors (Lipinski definition) is 4. The fraction of sp³-hybridized carbons (Fsp3) is 0.769. The summed E-state index contributed by atoms with van der Waals surface area (Å²) in [6.45, 7) is 9.33. The molecule has 1 saturated heterocycles. The summed E-state index contributed by atoms with van der Waals surface area (Å²) in [6.07, 6.45) is 4.53. The van der Waals surface area contributed by atoms with Crippen LogP contribution in [0.2, 0.25) is 0 Å². The molecule has 17 heavy (non-hydrogen) atoms. The first kappa shape index (κ1) is 13.0. The highest BCUT2D eigenvalue weighted by Gasteiger charge is 2.18. The average molecular weight is 253 g/mol. The number of aromatic nitrogens is 1. The molecule has 1 aromatic rings. The lowest BCUT2D eigenvalue weighted by molar-refractivity contribution is 0.179. The fourth-order valence-electron chi connectivity index (χ4n) is 2.41. The smallest absolute Gasteiger partial charge is 0.0794 e. The van der Waals surface area contributed by atoms with Gasteiger partial charge in [-0.05, 0) is 31.8 Å². The molecular formula is C13H23N3S. The molecule has 0 aliphatic carbocycles. The second-order valence-corrected chi connectivity index (χ2v) is 6.29. The van der Waals surface area contributed by atoms with Gasteiger partial charge in [0.05, 0.1) is 5.51 Å². The third-order valence-corrected chi connectivity index (χ3v) is 4.04. The molecule has 0 atom stereocenters. The Labute approximate surface area is 108 Å². The molecule has 1 fully saturated rings. The predicted molar refractivity (Wildman–Crippen MR) is 73.3 cm³/mol. The van der Waals surface area contributed by atoms with E-state index >= 15 is 0 Å². The van der Waals surface area contributed by atoms with Gasteiger partial charge in [-0.15, -0.1) is 11.3 Å². The summed E-state index contributed by atoms with van der Waals surface area (Å²) in [5.74, 6) is 0.789. The van der Waals surface area contributed by atoms with Crippen LogP contribution in [-0.2, 0) is 6.54 Å². The van der Waals surface area contributed by atoms with E-state index in [0.717, 1.165) is 12.5 Å². The van der Waals surface area contributed by atoms with E-state index in [4.69, 9.17) is 0 Å². The largest absolute Gasteiger partial charge is 0.309 e. The lowest BCUT2D eigenvalue weighted by Crippen LogP contribution is -2.43. The van der Waals surface area contributed by atoms with Crippen molar-refractivity contribution < 1.29 is 0 Å². The highest BCUT2D eigenvalue weighted by molar-refractivity contribution is 7.09. The zero-order valence-electron chi connectivity index (χ0n) is 10.9. The van der Waals surface area contributed by atoms with Crippen molar-refractivity contribution in [3.8, 4) is 0 Å². The molecule has 0 bridgehead atoms. The van der Waals surface area contributed by atoms with Gasteiger partial charge in [-0.1, -0.05) is 13.8 Å². The van der Waals surface area contributed by atoms with Crippen molar-refractivity contribution in [1.82, 2.24) is 15.2 Å². The Morgan fingerprint density at radius 3 is 2.82 bits per heavy atom. The molecule has 2 rings (SSSR count). The maximum Gasteiger partial charge on any atom is 0.0794 e. The lowest BCUT2D eigenvalue weighted by atomic mass is 10.0.